The Morgan fingerprint density at radius 3 is 2.27 bits per heavy atom. The first-order chi connectivity index (χ1) is 13.9. The minimum atomic E-state index is -4.40. The van der Waals surface area contributed by atoms with Gasteiger partial charge < -0.3 is 0 Å². The smallest absolute Gasteiger partial charge is 0.275 e. The number of halogens is 3. The second-order valence-corrected chi connectivity index (χ2v) is 9.69. The lowest BCUT2D eigenvalue weighted by molar-refractivity contribution is -0.137. The van der Waals surface area contributed by atoms with Crippen LogP contribution in [0.4, 0.5) is 13.2 Å². The number of alkyl halides is 3. The lowest BCUT2D eigenvalue weighted by atomic mass is 9.87. The van der Waals surface area contributed by atoms with E-state index in [2.05, 4.69) is 9.82 Å². The monoisotopic (exact) mass is 439 g/mol. The molecule has 1 heterocycles. The topological polar surface area (TPSA) is 64.0 Å². The Morgan fingerprint density at radius 2 is 1.73 bits per heavy atom. The SMILES string of the molecule is CNS(=O)(=O)CC(c1cc(-c2ccc(C(F)(F)F)cc2)cc2cn(C)nc12)C(C)C. The molecular weight excluding hydrogens is 415 g/mol. The van der Waals surface area contributed by atoms with Crippen LogP contribution in [0.15, 0.2) is 42.6 Å². The maximum atomic E-state index is 12.9. The third-order valence-electron chi connectivity index (χ3n) is 5.21. The average Bonchev–Trinajstić information content (AvgIpc) is 3.05. The lowest BCUT2D eigenvalue weighted by Gasteiger charge is -2.22. The van der Waals surface area contributed by atoms with E-state index in [-0.39, 0.29) is 17.6 Å². The van der Waals surface area contributed by atoms with Gasteiger partial charge in [0.15, 0.2) is 0 Å². The molecule has 0 aliphatic heterocycles. The molecule has 5 nitrogen and oxygen atoms in total. The Labute approximate surface area is 174 Å². The highest BCUT2D eigenvalue weighted by Crippen LogP contribution is 2.36. The number of rotatable bonds is 6. The van der Waals surface area contributed by atoms with Gasteiger partial charge in [-0.15, -0.1) is 0 Å². The molecule has 1 N–H and O–H groups in total. The van der Waals surface area contributed by atoms with E-state index in [4.69, 9.17) is 0 Å². The second kappa shape index (κ2) is 8.03. The summed E-state index contributed by atoms with van der Waals surface area (Å²) in [5.41, 5.74) is 2.07. The molecule has 162 valence electrons. The molecule has 0 saturated heterocycles. The van der Waals surface area contributed by atoms with Crippen molar-refractivity contribution in [2.75, 3.05) is 12.8 Å². The molecule has 3 rings (SSSR count). The van der Waals surface area contributed by atoms with E-state index >= 15 is 0 Å². The van der Waals surface area contributed by atoms with E-state index in [1.54, 1.807) is 11.7 Å². The van der Waals surface area contributed by atoms with Crippen LogP contribution in [-0.2, 0) is 23.2 Å². The first-order valence-corrected chi connectivity index (χ1v) is 11.1. The normalized spacial score (nSPS) is 13.9. The molecule has 0 fully saturated rings. The number of nitrogens with one attached hydrogen (secondary N) is 1. The van der Waals surface area contributed by atoms with Crippen LogP contribution in [0.25, 0.3) is 22.0 Å². The summed E-state index contributed by atoms with van der Waals surface area (Å²) < 4.78 is 67.3. The number of benzene rings is 2. The van der Waals surface area contributed by atoms with Crippen LogP contribution in [0.3, 0.4) is 0 Å². The fourth-order valence-corrected chi connectivity index (χ4v) is 4.75. The second-order valence-electron chi connectivity index (χ2n) is 7.72. The van der Waals surface area contributed by atoms with Gasteiger partial charge in [-0.25, -0.2) is 13.1 Å². The maximum Gasteiger partial charge on any atom is 0.416 e. The number of sulfonamides is 1. The van der Waals surface area contributed by atoms with Crippen LogP contribution in [0.2, 0.25) is 0 Å². The minimum absolute atomic E-state index is 0.00110. The predicted molar refractivity (Wildman–Crippen MR) is 112 cm³/mol. The fourth-order valence-electron chi connectivity index (χ4n) is 3.54. The third-order valence-corrected chi connectivity index (χ3v) is 6.63. The zero-order valence-electron chi connectivity index (χ0n) is 17.2. The zero-order chi connectivity index (χ0) is 22.3. The Morgan fingerprint density at radius 1 is 1.10 bits per heavy atom. The van der Waals surface area contributed by atoms with Crippen molar-refractivity contribution >= 4 is 20.9 Å². The van der Waals surface area contributed by atoms with E-state index in [1.807, 2.05) is 32.2 Å². The molecule has 1 aromatic heterocycles. The van der Waals surface area contributed by atoms with Crippen molar-refractivity contribution in [3.8, 4) is 11.1 Å². The van der Waals surface area contributed by atoms with Crippen molar-refractivity contribution < 1.29 is 21.6 Å². The first kappa shape index (κ1) is 22.3. The summed E-state index contributed by atoms with van der Waals surface area (Å²) in [6, 6.07) is 8.66. The van der Waals surface area contributed by atoms with Crippen LogP contribution in [-0.4, -0.2) is 31.0 Å². The standard InChI is InChI=1S/C21H24F3N3O2S/c1-13(2)19(12-30(28,29)25-3)18-10-15(9-16-11-27(4)26-20(16)18)14-5-7-17(8-6-14)21(22,23)24/h5-11,13,19,25H,12H2,1-4H3. The van der Waals surface area contributed by atoms with Crippen LogP contribution >= 0.6 is 0 Å². The first-order valence-electron chi connectivity index (χ1n) is 9.47. The quantitative estimate of drug-likeness (QED) is 0.613. The summed E-state index contributed by atoms with van der Waals surface area (Å²) in [5, 5.41) is 5.31. The maximum absolute atomic E-state index is 12.9. The van der Waals surface area contributed by atoms with Crippen LogP contribution in [0, 0.1) is 5.92 Å². The Bertz CT molecular complexity index is 1150. The summed E-state index contributed by atoms with van der Waals surface area (Å²) in [7, 11) is -0.332. The molecule has 3 aromatic rings. The van der Waals surface area contributed by atoms with Gasteiger partial charge in [-0.2, -0.15) is 18.3 Å². The van der Waals surface area contributed by atoms with Crippen LogP contribution in [0.5, 0.6) is 0 Å². The number of hydrogen-bond donors (Lipinski definition) is 1. The number of aromatic nitrogens is 2. The van der Waals surface area contributed by atoms with Crippen molar-refractivity contribution in [2.45, 2.75) is 25.9 Å². The molecule has 0 saturated carbocycles. The van der Waals surface area contributed by atoms with E-state index < -0.39 is 21.8 Å². The highest BCUT2D eigenvalue weighted by atomic mass is 32.2. The summed E-state index contributed by atoms with van der Waals surface area (Å²) >= 11 is 0. The van der Waals surface area contributed by atoms with Gasteiger partial charge >= 0.3 is 6.18 Å². The van der Waals surface area contributed by atoms with E-state index in [0.29, 0.717) is 16.6 Å². The Kier molecular flexibility index (Phi) is 5.97. The molecule has 0 amide bonds. The molecule has 2 aromatic carbocycles. The van der Waals surface area contributed by atoms with Crippen LogP contribution in [0.1, 0.15) is 30.9 Å². The average molecular weight is 440 g/mol. The van der Waals surface area contributed by atoms with Gasteiger partial charge in [0.05, 0.1) is 16.8 Å². The van der Waals surface area contributed by atoms with E-state index in [9.17, 15) is 21.6 Å². The lowest BCUT2D eigenvalue weighted by Crippen LogP contribution is -2.28. The van der Waals surface area contributed by atoms with Crippen molar-refractivity contribution in [1.29, 1.82) is 0 Å². The minimum Gasteiger partial charge on any atom is -0.275 e. The summed E-state index contributed by atoms with van der Waals surface area (Å²) in [6.45, 7) is 3.88. The summed E-state index contributed by atoms with van der Waals surface area (Å²) in [6.07, 6.45) is -2.59. The van der Waals surface area contributed by atoms with Crippen molar-refractivity contribution in [2.24, 2.45) is 13.0 Å². The summed E-state index contributed by atoms with van der Waals surface area (Å²) in [4.78, 5) is 0. The Hall–Kier alpha value is -2.39. The molecule has 1 unspecified atom stereocenters. The van der Waals surface area contributed by atoms with Gasteiger partial charge in [0, 0.05) is 24.5 Å². The van der Waals surface area contributed by atoms with E-state index in [1.165, 1.54) is 19.2 Å². The highest BCUT2D eigenvalue weighted by molar-refractivity contribution is 7.89. The number of fused-ring (bicyclic) bond motifs is 1. The van der Waals surface area contributed by atoms with Gasteiger partial charge in [-0.1, -0.05) is 26.0 Å². The van der Waals surface area contributed by atoms with Gasteiger partial charge in [-0.3, -0.25) is 4.68 Å². The largest absolute Gasteiger partial charge is 0.416 e. The fraction of sp³-hybridized carbons (Fsp3) is 0.381. The molecule has 9 heteroatoms. The molecular formula is C21H24F3N3O2S. The van der Waals surface area contributed by atoms with Crippen molar-refractivity contribution in [1.82, 2.24) is 14.5 Å². The van der Waals surface area contributed by atoms with Gasteiger partial charge in [0.25, 0.3) is 0 Å². The summed E-state index contributed by atoms with van der Waals surface area (Å²) in [5.74, 6) is -0.445. The molecule has 1 atom stereocenters. The van der Waals surface area contributed by atoms with Gasteiger partial charge in [0.1, 0.15) is 0 Å². The van der Waals surface area contributed by atoms with Gasteiger partial charge in [-0.05, 0) is 53.9 Å². The van der Waals surface area contributed by atoms with Gasteiger partial charge in [0.2, 0.25) is 10.0 Å². The molecule has 0 radical (unpaired) electrons. The predicted octanol–water partition coefficient (Wildman–Crippen LogP) is 4.55. The van der Waals surface area contributed by atoms with E-state index in [0.717, 1.165) is 23.1 Å². The Balaban J connectivity index is 2.17. The molecule has 0 aliphatic carbocycles. The van der Waals surface area contributed by atoms with Crippen molar-refractivity contribution in [3.63, 3.8) is 0 Å². The molecule has 0 bridgehead atoms. The number of aryl methyl sites for hydroxylation is 1. The number of hydrogen-bond acceptors (Lipinski definition) is 3. The zero-order valence-corrected chi connectivity index (χ0v) is 18.0. The highest BCUT2D eigenvalue weighted by Gasteiger charge is 2.30. The molecule has 0 aliphatic rings. The van der Waals surface area contributed by atoms with Crippen molar-refractivity contribution in [3.05, 3.63) is 53.7 Å². The molecule has 0 spiro atoms. The molecule has 30 heavy (non-hydrogen) atoms. The number of nitrogens with zero attached hydrogens (tertiary/aromatic N) is 2. The van der Waals surface area contributed by atoms with Crippen LogP contribution < -0.4 is 4.72 Å². The third kappa shape index (κ3) is 4.67.